The third kappa shape index (κ3) is 7.12. The number of halogens is 2. The van der Waals surface area contributed by atoms with Crippen LogP contribution >= 0.6 is 11.6 Å². The van der Waals surface area contributed by atoms with Gasteiger partial charge in [0, 0.05) is 29.7 Å². The molecule has 0 saturated heterocycles. The average Bonchev–Trinajstić information content (AvgIpc) is 2.63. The molecule has 2 aromatic rings. The third-order valence-corrected chi connectivity index (χ3v) is 3.68. The first-order valence-electron chi connectivity index (χ1n) is 8.21. The van der Waals surface area contributed by atoms with Crippen molar-refractivity contribution in [3.05, 3.63) is 58.9 Å². The minimum Gasteiger partial charge on any atom is -0.505 e. The number of anilines is 1. The number of carbonyl (C=O) groups excluding carboxylic acids is 2. The molecule has 0 aliphatic rings. The molecular weight excluding hydrogens is 389 g/mol. The smallest absolute Gasteiger partial charge is 0.321 e. The molecule has 0 spiro atoms. The number of phenolic OH excluding ortho intramolecular Hbond substituents is 1. The minimum absolute atomic E-state index is 0.0126. The molecule has 0 aromatic heterocycles. The Morgan fingerprint density at radius 3 is 2.54 bits per heavy atom. The number of carbonyl (C=O) groups is 2. The number of nitrogens with zero attached hydrogens (tertiary/aromatic N) is 1. The van der Waals surface area contributed by atoms with E-state index in [4.69, 9.17) is 17.3 Å². The Morgan fingerprint density at radius 2 is 1.89 bits per heavy atom. The second-order valence-corrected chi connectivity index (χ2v) is 6.12. The summed E-state index contributed by atoms with van der Waals surface area (Å²) in [7, 11) is 0. The van der Waals surface area contributed by atoms with Crippen LogP contribution in [0.3, 0.4) is 0 Å². The molecular formula is C18H19ClFN5O3. The summed E-state index contributed by atoms with van der Waals surface area (Å²) in [5.41, 5.74) is 6.12. The second kappa shape index (κ2) is 10.1. The Morgan fingerprint density at radius 1 is 1.18 bits per heavy atom. The Labute approximate surface area is 165 Å². The molecule has 28 heavy (non-hydrogen) atoms. The van der Waals surface area contributed by atoms with Gasteiger partial charge in [0.05, 0.1) is 6.54 Å². The van der Waals surface area contributed by atoms with Gasteiger partial charge in [0.15, 0.2) is 11.6 Å². The Balaban J connectivity index is 2.10. The maximum atomic E-state index is 13.5. The van der Waals surface area contributed by atoms with Gasteiger partial charge in [0.1, 0.15) is 0 Å². The van der Waals surface area contributed by atoms with E-state index < -0.39 is 23.5 Å². The van der Waals surface area contributed by atoms with E-state index in [1.807, 2.05) is 0 Å². The van der Waals surface area contributed by atoms with Crippen molar-refractivity contribution in [2.75, 3.05) is 11.9 Å². The van der Waals surface area contributed by atoms with Crippen LogP contribution in [0.4, 0.5) is 14.9 Å². The molecule has 0 aliphatic carbocycles. The molecule has 0 heterocycles. The lowest BCUT2D eigenvalue weighted by Crippen LogP contribution is -2.43. The number of amides is 3. The number of primary amides is 1. The fraction of sp³-hybridized carbons (Fsp3) is 0.167. The van der Waals surface area contributed by atoms with Crippen LogP contribution in [0.1, 0.15) is 12.0 Å². The van der Waals surface area contributed by atoms with Crippen molar-refractivity contribution in [2.24, 2.45) is 10.7 Å². The molecule has 2 aromatic carbocycles. The van der Waals surface area contributed by atoms with Gasteiger partial charge < -0.3 is 21.5 Å². The van der Waals surface area contributed by atoms with Gasteiger partial charge in [0.2, 0.25) is 11.9 Å². The maximum Gasteiger partial charge on any atom is 0.321 e. The highest BCUT2D eigenvalue weighted by molar-refractivity contribution is 6.30. The van der Waals surface area contributed by atoms with Crippen molar-refractivity contribution < 1.29 is 19.1 Å². The van der Waals surface area contributed by atoms with Gasteiger partial charge in [-0.25, -0.2) is 14.2 Å². The van der Waals surface area contributed by atoms with Crippen LogP contribution in [0.5, 0.6) is 5.75 Å². The molecule has 8 nitrogen and oxygen atoms in total. The maximum absolute atomic E-state index is 13.5. The predicted octanol–water partition coefficient (Wildman–Crippen LogP) is 2.33. The molecule has 2 rings (SSSR count). The quantitative estimate of drug-likeness (QED) is 0.286. The van der Waals surface area contributed by atoms with E-state index in [9.17, 15) is 19.1 Å². The van der Waals surface area contributed by atoms with Crippen molar-refractivity contribution in [2.45, 2.75) is 13.0 Å². The van der Waals surface area contributed by atoms with Crippen molar-refractivity contribution in [1.29, 1.82) is 0 Å². The number of aliphatic imine (C=N–C) groups is 1. The van der Waals surface area contributed by atoms with E-state index in [0.29, 0.717) is 5.02 Å². The van der Waals surface area contributed by atoms with Crippen LogP contribution in [0, 0.1) is 5.82 Å². The molecule has 0 saturated carbocycles. The first kappa shape index (κ1) is 21.0. The predicted molar refractivity (Wildman–Crippen MR) is 105 cm³/mol. The first-order valence-corrected chi connectivity index (χ1v) is 8.59. The van der Waals surface area contributed by atoms with Crippen LogP contribution in [0.15, 0.2) is 47.5 Å². The lowest BCUT2D eigenvalue weighted by Gasteiger charge is -2.13. The highest BCUT2D eigenvalue weighted by Crippen LogP contribution is 2.19. The number of rotatable bonds is 6. The van der Waals surface area contributed by atoms with Gasteiger partial charge in [0.25, 0.3) is 0 Å². The zero-order valence-electron chi connectivity index (χ0n) is 14.7. The summed E-state index contributed by atoms with van der Waals surface area (Å²) in [6, 6.07) is 9.98. The van der Waals surface area contributed by atoms with E-state index in [1.165, 1.54) is 12.1 Å². The zero-order chi connectivity index (χ0) is 20.5. The summed E-state index contributed by atoms with van der Waals surface area (Å²) in [6.45, 7) is 0.265. The number of hydrogen-bond acceptors (Lipinski definition) is 4. The average molecular weight is 408 g/mol. The van der Waals surface area contributed by atoms with E-state index in [0.717, 1.165) is 11.6 Å². The number of benzene rings is 2. The van der Waals surface area contributed by atoms with Gasteiger partial charge in [-0.05, 0) is 29.8 Å². The molecule has 6 N–H and O–H groups in total. The summed E-state index contributed by atoms with van der Waals surface area (Å²) >= 11 is 5.85. The van der Waals surface area contributed by atoms with Gasteiger partial charge in [-0.3, -0.25) is 10.1 Å². The number of hydrogen-bond donors (Lipinski definition) is 5. The highest BCUT2D eigenvalue weighted by atomic mass is 35.5. The van der Waals surface area contributed by atoms with E-state index in [2.05, 4.69) is 20.9 Å². The standard InChI is InChI=1S/C18H19ClFN5O3/c19-12-3-1-11(2-4-12)10-23-17(25-18(28)22-8-7-16(21)27)24-13-5-6-15(26)14(20)9-13/h1-6,9,26H,7-8,10H2,(H2,21,27)(H3,22,23,24,25,28). The first-order chi connectivity index (χ1) is 13.3. The molecule has 0 bridgehead atoms. The van der Waals surface area contributed by atoms with Crippen LogP contribution in [0.2, 0.25) is 5.02 Å². The lowest BCUT2D eigenvalue weighted by molar-refractivity contribution is -0.117. The number of phenols is 1. The second-order valence-electron chi connectivity index (χ2n) is 5.68. The SMILES string of the molecule is NC(=O)CCNC(=O)NC(=NCc1ccc(Cl)cc1)Nc1ccc(O)c(F)c1. The summed E-state index contributed by atoms with van der Waals surface area (Å²) in [5, 5.41) is 17.6. The van der Waals surface area contributed by atoms with E-state index >= 15 is 0 Å². The van der Waals surface area contributed by atoms with Crippen molar-refractivity contribution >= 4 is 35.2 Å². The Kier molecular flexibility index (Phi) is 7.58. The summed E-state index contributed by atoms with van der Waals surface area (Å²) in [6.07, 6.45) is -0.0126. The normalized spacial score (nSPS) is 11.0. The lowest BCUT2D eigenvalue weighted by atomic mass is 10.2. The van der Waals surface area contributed by atoms with E-state index in [1.54, 1.807) is 24.3 Å². The van der Waals surface area contributed by atoms with Gasteiger partial charge >= 0.3 is 6.03 Å². The minimum atomic E-state index is -0.826. The van der Waals surface area contributed by atoms with Gasteiger partial charge in [-0.15, -0.1) is 0 Å². The van der Waals surface area contributed by atoms with Crippen LogP contribution in [0.25, 0.3) is 0 Å². The number of guanidine groups is 1. The monoisotopic (exact) mass is 407 g/mol. The topological polar surface area (TPSA) is 129 Å². The molecule has 3 amide bonds. The van der Waals surface area contributed by atoms with Gasteiger partial charge in [-0.1, -0.05) is 23.7 Å². The van der Waals surface area contributed by atoms with Gasteiger partial charge in [-0.2, -0.15) is 0 Å². The van der Waals surface area contributed by atoms with Crippen LogP contribution in [-0.4, -0.2) is 29.5 Å². The van der Waals surface area contributed by atoms with Crippen molar-refractivity contribution in [3.8, 4) is 5.75 Å². The molecule has 0 atom stereocenters. The molecule has 0 fully saturated rings. The summed E-state index contributed by atoms with van der Waals surface area (Å²) in [5.74, 6) is -1.83. The highest BCUT2D eigenvalue weighted by Gasteiger charge is 2.09. The van der Waals surface area contributed by atoms with E-state index in [-0.39, 0.29) is 31.2 Å². The van der Waals surface area contributed by atoms with Crippen LogP contribution in [-0.2, 0) is 11.3 Å². The number of nitrogens with two attached hydrogens (primary N) is 1. The summed E-state index contributed by atoms with van der Waals surface area (Å²) < 4.78 is 13.5. The Bertz CT molecular complexity index is 874. The fourth-order valence-corrected chi connectivity index (χ4v) is 2.17. The number of aromatic hydroxyl groups is 1. The molecule has 0 radical (unpaired) electrons. The number of nitrogens with one attached hydrogen (secondary N) is 3. The number of urea groups is 1. The zero-order valence-corrected chi connectivity index (χ0v) is 15.5. The van der Waals surface area contributed by atoms with Crippen LogP contribution < -0.4 is 21.7 Å². The van der Waals surface area contributed by atoms with Crippen molar-refractivity contribution in [1.82, 2.24) is 10.6 Å². The largest absolute Gasteiger partial charge is 0.505 e. The third-order valence-electron chi connectivity index (χ3n) is 3.43. The molecule has 0 unspecified atom stereocenters. The molecule has 0 aliphatic heterocycles. The summed E-state index contributed by atoms with van der Waals surface area (Å²) in [4.78, 5) is 27.0. The Hall–Kier alpha value is -3.33. The van der Waals surface area contributed by atoms with Crippen molar-refractivity contribution in [3.63, 3.8) is 0 Å². The fourth-order valence-electron chi connectivity index (χ4n) is 2.04. The molecule has 10 heteroatoms. The molecule has 148 valence electrons.